The van der Waals surface area contributed by atoms with Gasteiger partial charge in [-0.3, -0.25) is 19.2 Å². The molecule has 0 radical (unpaired) electrons. The van der Waals surface area contributed by atoms with Gasteiger partial charge in [-0.1, -0.05) is 19.6 Å². The second kappa shape index (κ2) is 12.9. The number of aromatic nitrogens is 2. The maximum absolute atomic E-state index is 12.4. The van der Waals surface area contributed by atoms with Crippen molar-refractivity contribution in [1.29, 1.82) is 0 Å². The second-order valence-corrected chi connectivity index (χ2v) is 11.6. The van der Waals surface area contributed by atoms with E-state index < -0.39 is 11.9 Å². The Morgan fingerprint density at radius 3 is 1.72 bits per heavy atom. The van der Waals surface area contributed by atoms with Gasteiger partial charge in [-0.25, -0.2) is 0 Å². The van der Waals surface area contributed by atoms with Crippen LogP contribution >= 0.6 is 0 Å². The molecule has 0 bridgehead atoms. The number of rotatable bonds is 14. The van der Waals surface area contributed by atoms with E-state index in [-0.39, 0.29) is 36.7 Å². The molecule has 230 valence electrons. The number of amides is 2. The van der Waals surface area contributed by atoms with Crippen LogP contribution in [0.25, 0.3) is 0 Å². The Hall–Kier alpha value is -4.34. The molecule has 6 N–H and O–H groups in total. The first-order valence-corrected chi connectivity index (χ1v) is 14.8. The fraction of sp³-hybridized carbons (Fsp3) is 0.455. The van der Waals surface area contributed by atoms with Crippen LogP contribution in [0, 0.1) is 13.8 Å². The van der Waals surface area contributed by atoms with E-state index in [0.29, 0.717) is 37.7 Å². The smallest absolute Gasteiger partial charge is 0.303 e. The fourth-order valence-corrected chi connectivity index (χ4v) is 6.57. The molecule has 2 unspecified atom stereocenters. The van der Waals surface area contributed by atoms with Crippen molar-refractivity contribution in [3.63, 3.8) is 0 Å². The van der Waals surface area contributed by atoms with Crippen molar-refractivity contribution < 1.29 is 29.4 Å². The zero-order valence-corrected chi connectivity index (χ0v) is 25.6. The standard InChI is InChI=1S/C33H42N4O6/c1-7-20-19(6)32(42)37-27(20)14-25-18(5)23(10-12-31(40)41)29(35-25)15-28-22(9-11-30(38)39)17(4)24(34-28)13-26-16(3)21(8-2)33(43)36-26/h8,26-27,34-35H,2,7,9-15H2,1,3-6H3,(H,36,43)(H,37,42)(H,38,39)(H,40,41). The van der Waals surface area contributed by atoms with E-state index in [1.165, 1.54) is 0 Å². The molecule has 2 aliphatic heterocycles. The van der Waals surface area contributed by atoms with Gasteiger partial charge < -0.3 is 30.8 Å². The average molecular weight is 591 g/mol. The van der Waals surface area contributed by atoms with E-state index in [2.05, 4.69) is 27.2 Å². The highest BCUT2D eigenvalue weighted by molar-refractivity contribution is 6.00. The summed E-state index contributed by atoms with van der Waals surface area (Å²) >= 11 is 0. The summed E-state index contributed by atoms with van der Waals surface area (Å²) in [5, 5.41) is 25.0. The number of aromatic amines is 2. The van der Waals surface area contributed by atoms with Gasteiger partial charge in [0.1, 0.15) is 0 Å². The third-order valence-electron chi connectivity index (χ3n) is 9.12. The largest absolute Gasteiger partial charge is 0.481 e. The summed E-state index contributed by atoms with van der Waals surface area (Å²) in [6.07, 6.45) is 4.48. The molecule has 10 heteroatoms. The van der Waals surface area contributed by atoms with Crippen molar-refractivity contribution >= 4 is 23.8 Å². The van der Waals surface area contributed by atoms with Crippen LogP contribution in [-0.4, -0.2) is 56.0 Å². The van der Waals surface area contributed by atoms with Crippen LogP contribution in [0.2, 0.25) is 0 Å². The molecule has 2 aliphatic rings. The Bertz CT molecular complexity index is 1480. The SMILES string of the molecule is C=CC1=C(C)C(Cc2[nH]c(Cc3[nH]c(CC4NC(=O)C(C)=C4CC)c(C)c3CCC(=O)O)c(CCC(=O)O)c2C)NC1=O. The van der Waals surface area contributed by atoms with Crippen molar-refractivity contribution in [3.8, 4) is 0 Å². The lowest BCUT2D eigenvalue weighted by Crippen LogP contribution is -2.31. The highest BCUT2D eigenvalue weighted by Gasteiger charge is 2.31. The Kier molecular flexibility index (Phi) is 9.47. The van der Waals surface area contributed by atoms with Crippen LogP contribution in [0.3, 0.4) is 0 Å². The van der Waals surface area contributed by atoms with Gasteiger partial charge in [0, 0.05) is 66.0 Å². The van der Waals surface area contributed by atoms with Gasteiger partial charge in [0.15, 0.2) is 0 Å². The lowest BCUT2D eigenvalue weighted by atomic mass is 9.95. The van der Waals surface area contributed by atoms with E-state index in [0.717, 1.165) is 68.2 Å². The van der Waals surface area contributed by atoms with E-state index >= 15 is 0 Å². The third-order valence-corrected chi connectivity index (χ3v) is 9.12. The van der Waals surface area contributed by atoms with Crippen LogP contribution < -0.4 is 10.6 Å². The quantitative estimate of drug-likeness (QED) is 0.195. The minimum atomic E-state index is -0.889. The number of H-pyrrole nitrogens is 2. The molecule has 2 atom stereocenters. The summed E-state index contributed by atoms with van der Waals surface area (Å²) < 4.78 is 0. The molecule has 0 saturated heterocycles. The number of nitrogens with one attached hydrogen (secondary N) is 4. The fourth-order valence-electron chi connectivity index (χ4n) is 6.57. The van der Waals surface area contributed by atoms with Gasteiger partial charge in [-0.2, -0.15) is 0 Å². The average Bonchev–Trinajstić information content (AvgIpc) is 3.59. The zero-order chi connectivity index (χ0) is 31.6. The summed E-state index contributed by atoms with van der Waals surface area (Å²) in [6.45, 7) is 13.5. The van der Waals surface area contributed by atoms with Crippen molar-refractivity contribution in [2.75, 3.05) is 0 Å². The number of carboxylic acid groups (broad SMARTS) is 2. The van der Waals surface area contributed by atoms with E-state index in [9.17, 15) is 29.4 Å². The summed E-state index contributed by atoms with van der Waals surface area (Å²) in [7, 11) is 0. The predicted octanol–water partition coefficient (Wildman–Crippen LogP) is 3.90. The highest BCUT2D eigenvalue weighted by Crippen LogP contribution is 2.31. The Morgan fingerprint density at radius 2 is 1.28 bits per heavy atom. The maximum atomic E-state index is 12.4. The zero-order valence-electron chi connectivity index (χ0n) is 25.6. The molecule has 4 heterocycles. The topological polar surface area (TPSA) is 164 Å². The van der Waals surface area contributed by atoms with E-state index in [4.69, 9.17) is 0 Å². The van der Waals surface area contributed by atoms with Crippen LogP contribution in [0.5, 0.6) is 0 Å². The molecule has 0 fully saturated rings. The molecule has 0 spiro atoms. The molecule has 2 amide bonds. The lowest BCUT2D eigenvalue weighted by Gasteiger charge is -2.14. The summed E-state index contributed by atoms with van der Waals surface area (Å²) in [6, 6.07) is -0.326. The molecule has 0 aliphatic carbocycles. The molecular formula is C33H42N4O6. The van der Waals surface area contributed by atoms with Crippen molar-refractivity contribution in [2.24, 2.45) is 0 Å². The van der Waals surface area contributed by atoms with Crippen molar-refractivity contribution in [1.82, 2.24) is 20.6 Å². The first kappa shape index (κ1) is 31.6. The van der Waals surface area contributed by atoms with Gasteiger partial charge in [-0.05, 0) is 80.4 Å². The van der Waals surface area contributed by atoms with Gasteiger partial charge in [-0.15, -0.1) is 0 Å². The van der Waals surface area contributed by atoms with E-state index in [1.54, 1.807) is 6.08 Å². The Labute approximate surface area is 251 Å². The molecular weight excluding hydrogens is 548 g/mol. The predicted molar refractivity (Wildman–Crippen MR) is 163 cm³/mol. The van der Waals surface area contributed by atoms with Crippen molar-refractivity contribution in [3.05, 3.63) is 80.0 Å². The van der Waals surface area contributed by atoms with Gasteiger partial charge >= 0.3 is 11.9 Å². The molecule has 4 rings (SSSR count). The number of carbonyl (C=O) groups excluding carboxylic acids is 2. The van der Waals surface area contributed by atoms with Gasteiger partial charge in [0.25, 0.3) is 5.91 Å². The summed E-state index contributed by atoms with van der Waals surface area (Å²) in [5.41, 5.74) is 10.7. The van der Waals surface area contributed by atoms with Crippen molar-refractivity contribution in [2.45, 2.75) is 98.1 Å². The Balaban J connectivity index is 1.70. The molecule has 0 saturated carbocycles. The number of carbonyl (C=O) groups is 4. The highest BCUT2D eigenvalue weighted by atomic mass is 16.4. The lowest BCUT2D eigenvalue weighted by molar-refractivity contribution is -0.138. The molecule has 2 aromatic heterocycles. The molecule has 43 heavy (non-hydrogen) atoms. The Morgan fingerprint density at radius 1 is 0.791 bits per heavy atom. The second-order valence-electron chi connectivity index (χ2n) is 11.6. The summed E-state index contributed by atoms with van der Waals surface area (Å²) in [4.78, 5) is 54.9. The van der Waals surface area contributed by atoms with Crippen LogP contribution in [-0.2, 0) is 51.3 Å². The number of carboxylic acids is 2. The minimum Gasteiger partial charge on any atom is -0.481 e. The first-order chi connectivity index (χ1) is 20.4. The van der Waals surface area contributed by atoms with E-state index in [1.807, 2.05) is 34.6 Å². The molecule has 10 nitrogen and oxygen atoms in total. The monoisotopic (exact) mass is 590 g/mol. The van der Waals surface area contributed by atoms with Gasteiger partial charge in [0.2, 0.25) is 5.91 Å². The number of aliphatic carboxylic acids is 2. The number of hydrogen-bond donors (Lipinski definition) is 6. The van der Waals surface area contributed by atoms with Gasteiger partial charge in [0.05, 0.1) is 12.1 Å². The first-order valence-electron chi connectivity index (χ1n) is 14.8. The minimum absolute atomic E-state index is 0.0238. The number of hydrogen-bond acceptors (Lipinski definition) is 4. The van der Waals surface area contributed by atoms with Crippen LogP contribution in [0.15, 0.2) is 34.9 Å². The molecule has 0 aromatic carbocycles. The third kappa shape index (κ3) is 6.53. The summed E-state index contributed by atoms with van der Waals surface area (Å²) in [5.74, 6) is -1.98. The van der Waals surface area contributed by atoms with Crippen LogP contribution in [0.4, 0.5) is 0 Å². The van der Waals surface area contributed by atoms with Crippen LogP contribution in [0.1, 0.15) is 85.1 Å². The maximum Gasteiger partial charge on any atom is 0.303 e. The normalized spacial score (nSPS) is 18.4. The molecule has 2 aromatic rings.